The second-order valence-electron chi connectivity index (χ2n) is 7.28. The maximum Gasteiger partial charge on any atom is 0.628 e. The Morgan fingerprint density at radius 1 is 1.14 bits per heavy atom. The molecule has 1 aliphatic heterocycles. The first kappa shape index (κ1) is 20.6. The van der Waals surface area contributed by atoms with Crippen LogP contribution in [-0.4, -0.2) is 55.8 Å². The fraction of sp³-hybridized carbons (Fsp3) is 0.524. The zero-order valence-electron chi connectivity index (χ0n) is 16.4. The van der Waals surface area contributed by atoms with Crippen molar-refractivity contribution >= 4 is 25.1 Å². The maximum absolute atomic E-state index is 12.4. The summed E-state index contributed by atoms with van der Waals surface area (Å²) in [5.41, 5.74) is 0.941. The molecule has 1 aliphatic carbocycles. The number of rotatable bonds is 7. The highest BCUT2D eigenvalue weighted by Crippen LogP contribution is 2.27. The maximum atomic E-state index is 12.4. The van der Waals surface area contributed by atoms with Gasteiger partial charge in [0.1, 0.15) is 0 Å². The predicted molar refractivity (Wildman–Crippen MR) is 107 cm³/mol. The lowest BCUT2D eigenvalue weighted by molar-refractivity contribution is -0.148. The summed E-state index contributed by atoms with van der Waals surface area (Å²) in [5.74, 6) is 0.802. The minimum atomic E-state index is -0.998. The number of carbonyl (C=O) groups is 2. The minimum Gasteiger partial charge on any atom is -0.495 e. The summed E-state index contributed by atoms with van der Waals surface area (Å²) in [5, 5.41) is 0. The van der Waals surface area contributed by atoms with Gasteiger partial charge in [0, 0.05) is 12.6 Å². The molecule has 0 spiro atoms. The van der Waals surface area contributed by atoms with E-state index < -0.39 is 19.1 Å². The highest BCUT2D eigenvalue weighted by Gasteiger charge is 2.38. The summed E-state index contributed by atoms with van der Waals surface area (Å²) < 4.78 is 16.7. The fourth-order valence-corrected chi connectivity index (χ4v) is 3.71. The van der Waals surface area contributed by atoms with Gasteiger partial charge in [-0.1, -0.05) is 49.8 Å². The van der Waals surface area contributed by atoms with E-state index in [-0.39, 0.29) is 25.2 Å². The van der Waals surface area contributed by atoms with Crippen LogP contribution < -0.4 is 0 Å². The summed E-state index contributed by atoms with van der Waals surface area (Å²) in [6.45, 7) is 2.99. The number of hydrogen-bond donors (Lipinski definition) is 0. The van der Waals surface area contributed by atoms with Gasteiger partial charge < -0.3 is 14.0 Å². The van der Waals surface area contributed by atoms with Crippen LogP contribution in [0.5, 0.6) is 0 Å². The van der Waals surface area contributed by atoms with Crippen LogP contribution in [0.25, 0.3) is 6.08 Å². The molecule has 0 N–H and O–H groups in total. The molecule has 1 heterocycles. The van der Waals surface area contributed by atoms with Gasteiger partial charge in [-0.3, -0.25) is 14.5 Å². The summed E-state index contributed by atoms with van der Waals surface area (Å²) >= 11 is 0. The third-order valence-electron chi connectivity index (χ3n) is 5.12. The Kier molecular flexibility index (Phi) is 7.68. The fourth-order valence-electron chi connectivity index (χ4n) is 3.71. The largest absolute Gasteiger partial charge is 0.628 e. The average molecular weight is 385 g/mol. The molecule has 0 unspecified atom stereocenters. The molecule has 1 aromatic rings. The Morgan fingerprint density at radius 3 is 2.54 bits per heavy atom. The summed E-state index contributed by atoms with van der Waals surface area (Å²) in [6, 6.07) is 9.63. The Labute approximate surface area is 167 Å². The molecule has 1 saturated heterocycles. The number of hydrogen-bond acceptors (Lipinski definition) is 6. The van der Waals surface area contributed by atoms with Crippen molar-refractivity contribution in [2.24, 2.45) is 0 Å². The van der Waals surface area contributed by atoms with E-state index in [0.29, 0.717) is 6.61 Å². The standard InChI is InChI=1S/C21H28BNO5/c1-2-3-14-26-19-11-7-10-18(19)23-15-20(24)27-22(28-21(25)16-23)13-12-17-8-5-4-6-9-17/h4-6,8-9,12-13,18-19H,2-3,7,10-11,14-16H2,1H3/b13-12+/t18-,19-/m0/s1. The van der Waals surface area contributed by atoms with Crippen molar-refractivity contribution < 1.29 is 23.6 Å². The van der Waals surface area contributed by atoms with Crippen LogP contribution in [0.4, 0.5) is 0 Å². The molecule has 150 valence electrons. The van der Waals surface area contributed by atoms with Crippen molar-refractivity contribution in [1.82, 2.24) is 4.90 Å². The lowest BCUT2D eigenvalue weighted by atomic mass is 9.88. The molecule has 2 fully saturated rings. The zero-order valence-corrected chi connectivity index (χ0v) is 16.4. The van der Waals surface area contributed by atoms with E-state index in [1.54, 1.807) is 12.1 Å². The molecule has 1 saturated carbocycles. The lowest BCUT2D eigenvalue weighted by Gasteiger charge is -2.33. The third-order valence-corrected chi connectivity index (χ3v) is 5.12. The number of ether oxygens (including phenoxy) is 1. The quantitative estimate of drug-likeness (QED) is 0.531. The van der Waals surface area contributed by atoms with Crippen LogP contribution in [0, 0.1) is 0 Å². The predicted octanol–water partition coefficient (Wildman–Crippen LogP) is 2.87. The van der Waals surface area contributed by atoms with E-state index in [2.05, 4.69) is 6.92 Å². The molecule has 0 aromatic heterocycles. The van der Waals surface area contributed by atoms with E-state index in [4.69, 9.17) is 14.0 Å². The average Bonchev–Trinajstić information content (AvgIpc) is 3.14. The molecule has 1 aromatic carbocycles. The van der Waals surface area contributed by atoms with Crippen LogP contribution in [0.1, 0.15) is 44.6 Å². The lowest BCUT2D eigenvalue weighted by Crippen LogP contribution is -2.50. The molecular weight excluding hydrogens is 357 g/mol. The van der Waals surface area contributed by atoms with Crippen LogP contribution >= 0.6 is 0 Å². The molecule has 3 rings (SSSR count). The van der Waals surface area contributed by atoms with Crippen LogP contribution in [0.3, 0.4) is 0 Å². The van der Waals surface area contributed by atoms with Gasteiger partial charge in [-0.15, -0.1) is 0 Å². The van der Waals surface area contributed by atoms with E-state index in [1.165, 1.54) is 0 Å². The normalized spacial score (nSPS) is 24.1. The van der Waals surface area contributed by atoms with Gasteiger partial charge in [0.15, 0.2) is 0 Å². The Bertz CT molecular complexity index is 661. The first-order valence-electron chi connectivity index (χ1n) is 10.1. The van der Waals surface area contributed by atoms with E-state index >= 15 is 0 Å². The van der Waals surface area contributed by atoms with Gasteiger partial charge in [-0.2, -0.15) is 0 Å². The number of carbonyl (C=O) groups excluding carboxylic acids is 2. The van der Waals surface area contributed by atoms with Crippen molar-refractivity contribution in [3.63, 3.8) is 0 Å². The molecule has 0 amide bonds. The van der Waals surface area contributed by atoms with Crippen molar-refractivity contribution in [2.75, 3.05) is 19.7 Å². The number of unbranched alkanes of at least 4 members (excludes halogenated alkanes) is 1. The van der Waals surface area contributed by atoms with Gasteiger partial charge in [-0.05, 0) is 37.2 Å². The molecule has 28 heavy (non-hydrogen) atoms. The monoisotopic (exact) mass is 385 g/mol. The second kappa shape index (κ2) is 10.4. The highest BCUT2D eigenvalue weighted by atomic mass is 16.6. The Morgan fingerprint density at radius 2 is 1.86 bits per heavy atom. The van der Waals surface area contributed by atoms with Crippen LogP contribution in [0.2, 0.25) is 0 Å². The molecule has 0 bridgehead atoms. The summed E-state index contributed by atoms with van der Waals surface area (Å²) in [4.78, 5) is 26.6. The van der Waals surface area contributed by atoms with E-state index in [0.717, 1.165) is 37.7 Å². The van der Waals surface area contributed by atoms with Gasteiger partial charge >= 0.3 is 19.1 Å². The number of benzene rings is 1. The minimum absolute atomic E-state index is 0.0494. The van der Waals surface area contributed by atoms with E-state index in [9.17, 15) is 9.59 Å². The topological polar surface area (TPSA) is 65.1 Å². The van der Waals surface area contributed by atoms with Crippen molar-refractivity contribution in [2.45, 2.75) is 51.2 Å². The van der Waals surface area contributed by atoms with Crippen molar-refractivity contribution in [3.05, 3.63) is 41.9 Å². The number of nitrogens with zero attached hydrogens (tertiary/aromatic N) is 1. The van der Waals surface area contributed by atoms with Crippen LogP contribution in [0.15, 0.2) is 36.3 Å². The summed E-state index contributed by atoms with van der Waals surface area (Å²) in [7, 11) is -0.998. The SMILES string of the molecule is CCCCO[C@H]1CCC[C@@H]1N1CC(=O)OB(/C=C/c2ccccc2)OC(=O)C1. The smallest absolute Gasteiger partial charge is 0.495 e. The first-order chi connectivity index (χ1) is 13.7. The van der Waals surface area contributed by atoms with Crippen LogP contribution in [-0.2, 0) is 23.6 Å². The third kappa shape index (κ3) is 5.94. The molecule has 2 atom stereocenters. The molecular formula is C21H28BNO5. The van der Waals surface area contributed by atoms with Crippen molar-refractivity contribution in [1.29, 1.82) is 0 Å². The second-order valence-corrected chi connectivity index (χ2v) is 7.28. The van der Waals surface area contributed by atoms with E-state index in [1.807, 2.05) is 35.2 Å². The van der Waals surface area contributed by atoms with Gasteiger partial charge in [0.25, 0.3) is 0 Å². The van der Waals surface area contributed by atoms with Crippen molar-refractivity contribution in [3.8, 4) is 0 Å². The highest BCUT2D eigenvalue weighted by molar-refractivity contribution is 6.55. The molecule has 6 nitrogen and oxygen atoms in total. The Balaban J connectivity index is 1.60. The molecule has 2 aliphatic rings. The first-order valence-corrected chi connectivity index (χ1v) is 10.1. The van der Waals surface area contributed by atoms with Gasteiger partial charge in [0.2, 0.25) is 0 Å². The molecule has 7 heteroatoms. The Hall–Kier alpha value is -2.12. The van der Waals surface area contributed by atoms with Gasteiger partial charge in [0.05, 0.1) is 19.2 Å². The van der Waals surface area contributed by atoms with Gasteiger partial charge in [-0.25, -0.2) is 0 Å². The zero-order chi connectivity index (χ0) is 19.8. The summed E-state index contributed by atoms with van der Waals surface area (Å²) in [6.07, 6.45) is 6.83. The molecule has 0 radical (unpaired) electrons.